The lowest BCUT2D eigenvalue weighted by molar-refractivity contribution is 0.169. The second-order valence-electron chi connectivity index (χ2n) is 6.91. The molecule has 0 bridgehead atoms. The third-order valence-corrected chi connectivity index (χ3v) is 5.02. The smallest absolute Gasteiger partial charge is 0.194 e. The first-order valence-corrected chi connectivity index (χ1v) is 9.81. The average Bonchev–Trinajstić information content (AvgIpc) is 3.25. The van der Waals surface area contributed by atoms with Crippen molar-refractivity contribution in [3.8, 4) is 0 Å². The SMILES string of the molecule is CCNC(=NCc1ccnc2ccccc12)N1CCN(Cc2ccon2)CC1.I. The molecule has 0 radical (unpaired) electrons. The summed E-state index contributed by atoms with van der Waals surface area (Å²) < 4.78 is 4.93. The van der Waals surface area contributed by atoms with Gasteiger partial charge in [-0.2, -0.15) is 0 Å². The number of nitrogens with zero attached hydrogens (tertiary/aromatic N) is 5. The molecule has 1 N–H and O–H groups in total. The van der Waals surface area contributed by atoms with E-state index in [4.69, 9.17) is 9.52 Å². The topological polar surface area (TPSA) is 69.8 Å². The molecular weight excluding hydrogens is 479 g/mol. The normalized spacial score (nSPS) is 15.3. The Labute approximate surface area is 188 Å². The Hall–Kier alpha value is -2.20. The van der Waals surface area contributed by atoms with Crippen LogP contribution in [0, 0.1) is 0 Å². The molecule has 3 aromatic rings. The molecule has 0 aliphatic carbocycles. The Morgan fingerprint density at radius 2 is 1.97 bits per heavy atom. The Morgan fingerprint density at radius 3 is 2.72 bits per heavy atom. The van der Waals surface area contributed by atoms with Gasteiger partial charge in [-0.05, 0) is 24.6 Å². The number of piperazine rings is 1. The molecule has 0 unspecified atom stereocenters. The minimum Gasteiger partial charge on any atom is -0.364 e. The lowest BCUT2D eigenvalue weighted by Crippen LogP contribution is -2.52. The molecule has 2 aromatic heterocycles. The van der Waals surface area contributed by atoms with Gasteiger partial charge in [0, 0.05) is 56.9 Å². The first kappa shape index (κ1) is 21.5. The summed E-state index contributed by atoms with van der Waals surface area (Å²) >= 11 is 0. The van der Waals surface area contributed by atoms with Crippen molar-refractivity contribution >= 4 is 40.8 Å². The van der Waals surface area contributed by atoms with Crippen LogP contribution in [0.3, 0.4) is 0 Å². The van der Waals surface area contributed by atoms with Crippen molar-refractivity contribution in [1.29, 1.82) is 0 Å². The molecule has 0 saturated carbocycles. The van der Waals surface area contributed by atoms with Crippen LogP contribution in [-0.4, -0.2) is 58.6 Å². The van der Waals surface area contributed by atoms with Gasteiger partial charge in [-0.25, -0.2) is 4.99 Å². The minimum atomic E-state index is 0. The molecule has 0 spiro atoms. The number of halogens is 1. The zero-order valence-corrected chi connectivity index (χ0v) is 19.0. The number of hydrogen-bond acceptors (Lipinski definition) is 5. The van der Waals surface area contributed by atoms with Crippen LogP contribution in [0.5, 0.6) is 0 Å². The molecule has 1 aromatic carbocycles. The predicted octanol–water partition coefficient (Wildman–Crippen LogP) is 3.12. The van der Waals surface area contributed by atoms with Crippen LogP contribution in [0.2, 0.25) is 0 Å². The average molecular weight is 506 g/mol. The molecule has 4 rings (SSSR count). The van der Waals surface area contributed by atoms with Gasteiger partial charge in [-0.15, -0.1) is 24.0 Å². The van der Waals surface area contributed by atoms with Crippen LogP contribution in [0.15, 0.2) is 58.4 Å². The molecular formula is C21H27IN6O. The number of aliphatic imine (C=N–C) groups is 1. The summed E-state index contributed by atoms with van der Waals surface area (Å²) in [5, 5.41) is 8.62. The van der Waals surface area contributed by atoms with Gasteiger partial charge < -0.3 is 14.7 Å². The van der Waals surface area contributed by atoms with Gasteiger partial charge in [-0.1, -0.05) is 23.4 Å². The monoisotopic (exact) mass is 506 g/mol. The first-order chi connectivity index (χ1) is 13.8. The molecule has 1 fully saturated rings. The number of benzene rings is 1. The Bertz CT molecular complexity index is 917. The van der Waals surface area contributed by atoms with Gasteiger partial charge in [0.2, 0.25) is 0 Å². The summed E-state index contributed by atoms with van der Waals surface area (Å²) in [7, 11) is 0. The molecule has 29 heavy (non-hydrogen) atoms. The summed E-state index contributed by atoms with van der Waals surface area (Å²) in [4.78, 5) is 14.1. The van der Waals surface area contributed by atoms with Crippen LogP contribution in [-0.2, 0) is 13.1 Å². The van der Waals surface area contributed by atoms with Crippen molar-refractivity contribution in [2.45, 2.75) is 20.0 Å². The quantitative estimate of drug-likeness (QED) is 0.326. The Kier molecular flexibility index (Phi) is 7.82. The lowest BCUT2D eigenvalue weighted by Gasteiger charge is -2.36. The van der Waals surface area contributed by atoms with Crippen LogP contribution >= 0.6 is 24.0 Å². The van der Waals surface area contributed by atoms with Gasteiger partial charge in [0.05, 0.1) is 17.8 Å². The number of nitrogens with one attached hydrogen (secondary N) is 1. The van der Waals surface area contributed by atoms with E-state index in [1.54, 1.807) is 6.26 Å². The van der Waals surface area contributed by atoms with Crippen molar-refractivity contribution in [2.75, 3.05) is 32.7 Å². The van der Waals surface area contributed by atoms with E-state index in [1.165, 1.54) is 10.9 Å². The largest absolute Gasteiger partial charge is 0.364 e. The fraction of sp³-hybridized carbons (Fsp3) is 0.381. The first-order valence-electron chi connectivity index (χ1n) is 9.81. The van der Waals surface area contributed by atoms with E-state index in [9.17, 15) is 0 Å². The molecule has 8 heteroatoms. The van der Waals surface area contributed by atoms with E-state index >= 15 is 0 Å². The molecule has 3 heterocycles. The molecule has 154 valence electrons. The van der Waals surface area contributed by atoms with E-state index in [1.807, 2.05) is 24.4 Å². The number of pyridine rings is 1. The van der Waals surface area contributed by atoms with Crippen molar-refractivity contribution in [3.05, 3.63) is 60.1 Å². The van der Waals surface area contributed by atoms with Gasteiger partial charge in [-0.3, -0.25) is 9.88 Å². The van der Waals surface area contributed by atoms with Crippen molar-refractivity contribution < 1.29 is 4.52 Å². The van der Waals surface area contributed by atoms with Gasteiger partial charge in [0.1, 0.15) is 6.26 Å². The second-order valence-corrected chi connectivity index (χ2v) is 6.91. The number of aromatic nitrogens is 2. The fourth-order valence-corrected chi connectivity index (χ4v) is 3.54. The maximum Gasteiger partial charge on any atom is 0.194 e. The molecule has 0 amide bonds. The van der Waals surface area contributed by atoms with Gasteiger partial charge >= 0.3 is 0 Å². The van der Waals surface area contributed by atoms with Crippen LogP contribution in [0.4, 0.5) is 0 Å². The number of rotatable bonds is 5. The van der Waals surface area contributed by atoms with Crippen LogP contribution in [0.1, 0.15) is 18.2 Å². The highest BCUT2D eigenvalue weighted by Crippen LogP contribution is 2.17. The van der Waals surface area contributed by atoms with Gasteiger partial charge in [0.15, 0.2) is 5.96 Å². The molecule has 1 aliphatic heterocycles. The third-order valence-electron chi connectivity index (χ3n) is 5.02. The van der Waals surface area contributed by atoms with E-state index in [2.05, 4.69) is 50.4 Å². The van der Waals surface area contributed by atoms with E-state index in [0.29, 0.717) is 6.54 Å². The van der Waals surface area contributed by atoms with Crippen molar-refractivity contribution in [1.82, 2.24) is 25.3 Å². The van der Waals surface area contributed by atoms with Gasteiger partial charge in [0.25, 0.3) is 0 Å². The summed E-state index contributed by atoms with van der Waals surface area (Å²) in [6.07, 6.45) is 3.49. The summed E-state index contributed by atoms with van der Waals surface area (Å²) in [5.74, 6) is 0.976. The van der Waals surface area contributed by atoms with E-state index in [0.717, 1.165) is 56.4 Å². The number of guanidine groups is 1. The molecule has 7 nitrogen and oxygen atoms in total. The number of para-hydroxylation sites is 1. The summed E-state index contributed by atoms with van der Waals surface area (Å²) in [5.41, 5.74) is 3.20. The van der Waals surface area contributed by atoms with E-state index < -0.39 is 0 Å². The Morgan fingerprint density at radius 1 is 1.14 bits per heavy atom. The highest BCUT2D eigenvalue weighted by molar-refractivity contribution is 14.0. The highest BCUT2D eigenvalue weighted by Gasteiger charge is 2.20. The lowest BCUT2D eigenvalue weighted by atomic mass is 10.1. The summed E-state index contributed by atoms with van der Waals surface area (Å²) in [6, 6.07) is 12.2. The molecule has 1 saturated heterocycles. The maximum absolute atomic E-state index is 4.93. The third kappa shape index (κ3) is 5.45. The minimum absolute atomic E-state index is 0. The highest BCUT2D eigenvalue weighted by atomic mass is 127. The number of hydrogen-bond donors (Lipinski definition) is 1. The van der Waals surface area contributed by atoms with E-state index in [-0.39, 0.29) is 24.0 Å². The fourth-order valence-electron chi connectivity index (χ4n) is 3.54. The zero-order valence-electron chi connectivity index (χ0n) is 16.6. The van der Waals surface area contributed by atoms with Crippen LogP contribution in [0.25, 0.3) is 10.9 Å². The van der Waals surface area contributed by atoms with Crippen molar-refractivity contribution in [2.24, 2.45) is 4.99 Å². The predicted molar refractivity (Wildman–Crippen MR) is 125 cm³/mol. The second kappa shape index (κ2) is 10.5. The van der Waals surface area contributed by atoms with Crippen LogP contribution < -0.4 is 5.32 Å². The molecule has 1 aliphatic rings. The number of fused-ring (bicyclic) bond motifs is 1. The zero-order chi connectivity index (χ0) is 19.2. The Balaban J connectivity index is 0.00000240. The maximum atomic E-state index is 4.93. The van der Waals surface area contributed by atoms with Crippen molar-refractivity contribution in [3.63, 3.8) is 0 Å². The standard InChI is InChI=1S/C21H26N6O.HI/c1-2-22-21(24-15-17-7-9-23-20-6-4-3-5-19(17)20)27-12-10-26(11-13-27)16-18-8-14-28-25-18;/h3-9,14H,2,10-13,15-16H2,1H3,(H,22,24);1H. The summed E-state index contributed by atoms with van der Waals surface area (Å²) in [6.45, 7) is 8.30. The molecule has 0 atom stereocenters.